The molecule has 3 saturated heterocycles. The van der Waals surface area contributed by atoms with Gasteiger partial charge in [0.25, 0.3) is 0 Å². The maximum atomic E-state index is 12.6. The average molecular weight is 859 g/mol. The van der Waals surface area contributed by atoms with Gasteiger partial charge in [-0.15, -0.1) is 0 Å². The number of fused-ring (bicyclic) bond motifs is 5. The summed E-state index contributed by atoms with van der Waals surface area (Å²) >= 11 is 0. The number of esters is 1. The molecule has 0 unspecified atom stereocenters. The predicted molar refractivity (Wildman–Crippen MR) is 203 cm³/mol. The normalized spacial score (nSPS) is 54.4. The van der Waals surface area contributed by atoms with Crippen LogP contribution in [0.3, 0.4) is 0 Å². The molecule has 0 amide bonds. The summed E-state index contributed by atoms with van der Waals surface area (Å²) in [5, 5.41) is 98.3. The summed E-state index contributed by atoms with van der Waals surface area (Å²) in [6, 6.07) is 0. The molecule has 18 heteroatoms. The molecule has 4 aliphatic heterocycles. The number of hydrogen-bond acceptors (Lipinski definition) is 18. The fraction of sp³-hybridized carbons (Fsp3) is 0.929. The lowest BCUT2D eigenvalue weighted by atomic mass is 9.43. The summed E-state index contributed by atoms with van der Waals surface area (Å²) in [7, 11) is 1.32. The van der Waals surface area contributed by atoms with E-state index < -0.39 is 111 Å². The van der Waals surface area contributed by atoms with Crippen LogP contribution in [0.4, 0.5) is 0 Å². The first-order chi connectivity index (χ1) is 28.4. The van der Waals surface area contributed by atoms with E-state index in [0.717, 1.165) is 44.1 Å². The summed E-state index contributed by atoms with van der Waals surface area (Å²) in [4.78, 5) is 11.9. The number of cyclic esters (lactones) is 1. The molecule has 60 heavy (non-hydrogen) atoms. The summed E-state index contributed by atoms with van der Waals surface area (Å²) in [6.07, 6.45) is -12.3. The molecule has 0 aromatic carbocycles. The Hall–Kier alpha value is -1.43. The van der Waals surface area contributed by atoms with Crippen molar-refractivity contribution in [3.05, 3.63) is 11.6 Å². The van der Waals surface area contributed by atoms with Gasteiger partial charge in [-0.05, 0) is 99.4 Å². The van der Waals surface area contributed by atoms with Gasteiger partial charge in [-0.1, -0.05) is 13.8 Å². The summed E-state index contributed by atoms with van der Waals surface area (Å²) < 4.78 is 45.6. The Kier molecular flexibility index (Phi) is 12.9. The van der Waals surface area contributed by atoms with Crippen LogP contribution in [0.25, 0.3) is 0 Å². The molecule has 0 radical (unpaired) electrons. The van der Waals surface area contributed by atoms with Gasteiger partial charge in [0.05, 0.1) is 31.0 Å². The SMILES string of the molecule is CO[C@H]1[C@H](O)[C@H](OC[C@H]2O[C@H](OC[C@@H]3O[C@H](O[C@H]4CC[C@@]5(C)[C@@H](CC[C@@H]6[C@@H]5CC[C@]5(C)[C@H](C7=CC(=O)OC7)CC[C@]65O)C4)[C@H](O)[C@H](O)[C@@H]3O)[C@@H](O)[C@H](O)[C@H]2O)O[C@@H](C)[C@@H]1O. The molecule has 0 spiro atoms. The van der Waals surface area contributed by atoms with Gasteiger partial charge in [-0.2, -0.15) is 0 Å². The number of carbonyl (C=O) groups is 1. The van der Waals surface area contributed by atoms with E-state index in [1.54, 1.807) is 13.0 Å². The number of ether oxygens (including phenoxy) is 8. The molecule has 0 aromatic heterocycles. The van der Waals surface area contributed by atoms with E-state index in [4.69, 9.17) is 37.9 Å². The van der Waals surface area contributed by atoms with E-state index in [2.05, 4.69) is 13.8 Å². The van der Waals surface area contributed by atoms with Gasteiger partial charge in [-0.25, -0.2) is 4.79 Å². The largest absolute Gasteiger partial charge is 0.458 e. The van der Waals surface area contributed by atoms with Crippen molar-refractivity contribution in [2.75, 3.05) is 26.9 Å². The molecule has 0 bridgehead atoms. The highest BCUT2D eigenvalue weighted by Crippen LogP contribution is 2.70. The maximum absolute atomic E-state index is 12.6. The van der Waals surface area contributed by atoms with Gasteiger partial charge in [0.15, 0.2) is 18.9 Å². The molecule has 7 fully saturated rings. The summed E-state index contributed by atoms with van der Waals surface area (Å²) in [6.45, 7) is 5.52. The van der Waals surface area contributed by atoms with E-state index in [0.29, 0.717) is 31.8 Å². The lowest BCUT2D eigenvalue weighted by Gasteiger charge is -2.64. The standard InChI is InChI=1S/C42H66O18/c1-18-28(44)36(53-4)35(51)38(57-18)56-16-25-29(45)31(47)33(49)37(59-25)55-17-26-30(46)32(48)34(50)39(60-26)58-21-7-10-40(2)20(14-21)5-6-24-23(40)8-11-41(3)22(9-12-42(24,41)52)19-13-27(43)54-15-19/h13,18,20-26,28-39,44-52H,5-12,14-17H2,1-4H3/t18-,20-,21-,22-,23-,24+,25+,26-,28-,29-,30+,31+,32+,33-,34+,35-,36+,37-,38+,39-,40-,41+,42-/m0/s1. The van der Waals surface area contributed by atoms with Crippen LogP contribution < -0.4 is 0 Å². The van der Waals surface area contributed by atoms with Crippen LogP contribution in [0.5, 0.6) is 0 Å². The number of aliphatic hydroxyl groups excluding tert-OH is 8. The predicted octanol–water partition coefficient (Wildman–Crippen LogP) is -1.24. The topological polar surface area (TPSA) is 273 Å². The number of aliphatic hydroxyl groups is 9. The van der Waals surface area contributed by atoms with Crippen LogP contribution in [0.15, 0.2) is 11.6 Å². The molecule has 18 nitrogen and oxygen atoms in total. The smallest absolute Gasteiger partial charge is 0.331 e. The number of rotatable bonds is 10. The molecule has 4 aliphatic carbocycles. The molecule has 23 atom stereocenters. The highest BCUT2D eigenvalue weighted by molar-refractivity contribution is 5.85. The van der Waals surface area contributed by atoms with Crippen LogP contribution in [-0.2, 0) is 42.7 Å². The van der Waals surface area contributed by atoms with Crippen molar-refractivity contribution in [2.45, 2.75) is 182 Å². The second-order valence-corrected chi connectivity index (χ2v) is 19.4. The Morgan fingerprint density at radius 2 is 1.33 bits per heavy atom. The molecule has 8 aliphatic rings. The number of hydrogen-bond donors (Lipinski definition) is 9. The zero-order chi connectivity index (χ0) is 43.1. The van der Waals surface area contributed by atoms with E-state index >= 15 is 0 Å². The molecule has 8 rings (SSSR count). The van der Waals surface area contributed by atoms with Crippen molar-refractivity contribution in [1.29, 1.82) is 0 Å². The van der Waals surface area contributed by atoms with Crippen LogP contribution in [0, 0.1) is 34.5 Å². The lowest BCUT2D eigenvalue weighted by Crippen LogP contribution is -2.63. The van der Waals surface area contributed by atoms with Crippen molar-refractivity contribution >= 4 is 5.97 Å². The summed E-state index contributed by atoms with van der Waals surface area (Å²) in [5.41, 5.74) is -0.197. The first-order valence-corrected chi connectivity index (χ1v) is 21.8. The molecular weight excluding hydrogens is 792 g/mol. The molecule has 0 aromatic rings. The third-order valence-electron chi connectivity index (χ3n) is 16.5. The van der Waals surface area contributed by atoms with Crippen molar-refractivity contribution < 1.29 is 88.6 Å². The number of methoxy groups -OCH3 is 1. The quantitative estimate of drug-likeness (QED) is 0.0918. The van der Waals surface area contributed by atoms with Crippen LogP contribution in [0.2, 0.25) is 0 Å². The Morgan fingerprint density at radius 1 is 0.700 bits per heavy atom. The van der Waals surface area contributed by atoms with Gasteiger partial charge in [-0.3, -0.25) is 0 Å². The second-order valence-electron chi connectivity index (χ2n) is 19.4. The Balaban J connectivity index is 0.864. The molecule has 342 valence electrons. The van der Waals surface area contributed by atoms with Gasteiger partial charge >= 0.3 is 5.97 Å². The third kappa shape index (κ3) is 7.60. The summed E-state index contributed by atoms with van der Waals surface area (Å²) in [5.74, 6) is 0.561. The average Bonchev–Trinajstić information content (AvgIpc) is 3.77. The monoisotopic (exact) mass is 858 g/mol. The fourth-order valence-electron chi connectivity index (χ4n) is 12.8. The van der Waals surface area contributed by atoms with E-state index in [1.807, 2.05) is 0 Å². The zero-order valence-corrected chi connectivity index (χ0v) is 34.8. The van der Waals surface area contributed by atoms with Crippen molar-refractivity contribution in [1.82, 2.24) is 0 Å². The second kappa shape index (κ2) is 17.2. The minimum atomic E-state index is -1.75. The van der Waals surface area contributed by atoms with Gasteiger partial charge in [0.1, 0.15) is 73.8 Å². The van der Waals surface area contributed by atoms with Crippen molar-refractivity contribution in [3.63, 3.8) is 0 Å². The Morgan fingerprint density at radius 3 is 1.97 bits per heavy atom. The highest BCUT2D eigenvalue weighted by atomic mass is 16.7. The van der Waals surface area contributed by atoms with Crippen LogP contribution in [-0.4, -0.2) is 183 Å². The maximum Gasteiger partial charge on any atom is 0.331 e. The zero-order valence-electron chi connectivity index (χ0n) is 34.8. The van der Waals surface area contributed by atoms with Crippen molar-refractivity contribution in [2.24, 2.45) is 34.5 Å². The first-order valence-electron chi connectivity index (χ1n) is 21.8. The molecule has 4 heterocycles. The third-order valence-corrected chi connectivity index (χ3v) is 16.5. The van der Waals surface area contributed by atoms with Crippen LogP contribution in [0.1, 0.15) is 78.6 Å². The minimum absolute atomic E-state index is 0.0415. The molecule has 9 N–H and O–H groups in total. The first kappa shape index (κ1) is 45.1. The number of carbonyl (C=O) groups excluding carboxylic acids is 1. The fourth-order valence-corrected chi connectivity index (χ4v) is 12.8. The van der Waals surface area contributed by atoms with Crippen LogP contribution >= 0.6 is 0 Å². The van der Waals surface area contributed by atoms with Crippen molar-refractivity contribution in [3.8, 4) is 0 Å². The van der Waals surface area contributed by atoms with Gasteiger partial charge < -0.3 is 83.9 Å². The van der Waals surface area contributed by atoms with E-state index in [-0.39, 0.29) is 40.7 Å². The Labute approximate surface area is 349 Å². The van der Waals surface area contributed by atoms with E-state index in [9.17, 15) is 50.8 Å². The van der Waals surface area contributed by atoms with Gasteiger partial charge in [0, 0.05) is 18.6 Å². The lowest BCUT2D eigenvalue weighted by molar-refractivity contribution is -0.345. The highest BCUT2D eigenvalue weighted by Gasteiger charge is 2.68. The van der Waals surface area contributed by atoms with E-state index in [1.165, 1.54) is 7.11 Å². The minimum Gasteiger partial charge on any atom is -0.458 e. The molecule has 4 saturated carbocycles. The molecular formula is C42H66O18. The Bertz CT molecular complexity index is 1570. The van der Waals surface area contributed by atoms with Gasteiger partial charge in [0.2, 0.25) is 0 Å².